The van der Waals surface area contributed by atoms with Gasteiger partial charge in [-0.1, -0.05) is 6.07 Å². The zero-order valence-electron chi connectivity index (χ0n) is 14.0. The molecule has 0 aromatic heterocycles. The van der Waals surface area contributed by atoms with Gasteiger partial charge in [-0.25, -0.2) is 9.87 Å². The summed E-state index contributed by atoms with van der Waals surface area (Å²) in [6.07, 6.45) is 1.94. The van der Waals surface area contributed by atoms with E-state index in [4.69, 9.17) is 5.21 Å². The molecule has 136 valence electrons. The molecule has 1 aliphatic carbocycles. The van der Waals surface area contributed by atoms with Crippen LogP contribution in [0.3, 0.4) is 0 Å². The van der Waals surface area contributed by atoms with E-state index in [1.165, 1.54) is 12.1 Å². The van der Waals surface area contributed by atoms with Gasteiger partial charge in [-0.15, -0.1) is 0 Å². The van der Waals surface area contributed by atoms with E-state index in [9.17, 15) is 14.0 Å². The second-order valence-corrected chi connectivity index (χ2v) is 6.74. The monoisotopic (exact) mass is 374 g/mol. The Balaban J connectivity index is 0.00000196. The predicted molar refractivity (Wildman–Crippen MR) is 99.3 cm³/mol. The van der Waals surface area contributed by atoms with Crippen LogP contribution in [0, 0.1) is 11.2 Å². The van der Waals surface area contributed by atoms with Crippen LogP contribution in [0.2, 0.25) is 0 Å². The summed E-state index contributed by atoms with van der Waals surface area (Å²) >= 11 is 0. The first-order valence-corrected chi connectivity index (χ1v) is 8.16. The molecule has 1 spiro atoms. The highest BCUT2D eigenvalue weighted by Crippen LogP contribution is 2.46. The molecule has 7 heteroatoms. The summed E-state index contributed by atoms with van der Waals surface area (Å²) in [5, 5.41) is 8.78. The number of halogens is 1. The Hall–Kier alpha value is -2.38. The Labute approximate surface area is 157 Å². The zero-order valence-corrected chi connectivity index (χ0v) is 15.0. The number of hydroxylamine groups is 1. The van der Waals surface area contributed by atoms with E-state index >= 15 is 0 Å². The number of hydrogen-bond donors (Lipinski definition) is 2. The number of amides is 2. The Morgan fingerprint density at radius 2 is 1.81 bits per heavy atom. The summed E-state index contributed by atoms with van der Waals surface area (Å²) in [6, 6.07) is 11.2. The largest absolute Gasteiger partial charge is 0.312 e. The molecule has 1 atom stereocenters. The molecule has 26 heavy (non-hydrogen) atoms. The zero-order chi connectivity index (χ0) is 17.6. The van der Waals surface area contributed by atoms with Crippen molar-refractivity contribution in [3.63, 3.8) is 0 Å². The number of carbonyl (C=O) groups is 2. The fourth-order valence-corrected chi connectivity index (χ4v) is 3.98. The Kier molecular flexibility index (Phi) is 4.77. The molecular formula is C19H19FN2O3S. The van der Waals surface area contributed by atoms with Gasteiger partial charge in [0.25, 0.3) is 5.91 Å². The normalized spacial score (nSPS) is 20.8. The van der Waals surface area contributed by atoms with Crippen molar-refractivity contribution in [1.29, 1.82) is 0 Å². The minimum absolute atomic E-state index is 0. The minimum atomic E-state index is -0.561. The third kappa shape index (κ3) is 2.87. The molecular weight excluding hydrogens is 355 g/mol. The van der Waals surface area contributed by atoms with Gasteiger partial charge in [0.15, 0.2) is 0 Å². The van der Waals surface area contributed by atoms with Crippen LogP contribution in [0.5, 0.6) is 0 Å². The summed E-state index contributed by atoms with van der Waals surface area (Å²) in [5.74, 6) is -0.842. The number of hydrogen-bond acceptors (Lipinski definition) is 3. The van der Waals surface area contributed by atoms with Gasteiger partial charge in [-0.3, -0.25) is 14.8 Å². The highest BCUT2D eigenvalue weighted by molar-refractivity contribution is 7.59. The Morgan fingerprint density at radius 1 is 1.12 bits per heavy atom. The fraction of sp³-hybridized carbons (Fsp3) is 0.263. The third-order valence-corrected chi connectivity index (χ3v) is 5.28. The first-order chi connectivity index (χ1) is 12.0. The maximum atomic E-state index is 13.1. The highest BCUT2D eigenvalue weighted by atomic mass is 32.1. The van der Waals surface area contributed by atoms with Gasteiger partial charge in [-0.05, 0) is 66.8 Å². The van der Waals surface area contributed by atoms with Crippen LogP contribution in [0.4, 0.5) is 10.1 Å². The summed E-state index contributed by atoms with van der Waals surface area (Å²) in [7, 11) is 0. The van der Waals surface area contributed by atoms with Crippen molar-refractivity contribution in [1.82, 2.24) is 5.48 Å². The van der Waals surface area contributed by atoms with Crippen molar-refractivity contribution in [2.45, 2.75) is 19.3 Å². The molecule has 0 unspecified atom stereocenters. The molecule has 0 radical (unpaired) electrons. The maximum Gasteiger partial charge on any atom is 0.274 e. The van der Waals surface area contributed by atoms with E-state index < -0.39 is 11.3 Å². The molecule has 2 amide bonds. The highest BCUT2D eigenvalue weighted by Gasteiger charge is 2.50. The molecule has 1 heterocycles. The van der Waals surface area contributed by atoms with Gasteiger partial charge in [0.05, 0.1) is 5.41 Å². The molecule has 5 nitrogen and oxygen atoms in total. The Bertz CT molecular complexity index is 872. The first-order valence-electron chi connectivity index (χ1n) is 8.16. The number of anilines is 1. The second-order valence-electron chi connectivity index (χ2n) is 6.74. The van der Waals surface area contributed by atoms with Gasteiger partial charge in [-0.2, -0.15) is 13.5 Å². The topological polar surface area (TPSA) is 69.6 Å². The number of carbonyl (C=O) groups excluding carboxylic acids is 2. The van der Waals surface area contributed by atoms with E-state index in [0.717, 1.165) is 17.5 Å². The van der Waals surface area contributed by atoms with Crippen molar-refractivity contribution < 1.29 is 19.2 Å². The summed E-state index contributed by atoms with van der Waals surface area (Å²) in [4.78, 5) is 26.4. The molecule has 2 aromatic rings. The number of rotatable bonds is 2. The lowest BCUT2D eigenvalue weighted by molar-refractivity contribution is -0.125. The van der Waals surface area contributed by atoms with Crippen molar-refractivity contribution in [3.8, 4) is 0 Å². The van der Waals surface area contributed by atoms with E-state index in [1.54, 1.807) is 34.6 Å². The van der Waals surface area contributed by atoms with Crippen LogP contribution < -0.4 is 10.4 Å². The number of nitrogens with zero attached hydrogens (tertiary/aromatic N) is 1. The summed E-state index contributed by atoms with van der Waals surface area (Å²) in [6.45, 7) is 0.600. The lowest BCUT2D eigenvalue weighted by Crippen LogP contribution is -2.35. The van der Waals surface area contributed by atoms with E-state index in [-0.39, 0.29) is 25.2 Å². The average molecular weight is 374 g/mol. The van der Waals surface area contributed by atoms with Crippen LogP contribution in [-0.2, 0) is 17.6 Å². The molecule has 1 aliphatic heterocycles. The molecule has 2 aliphatic rings. The third-order valence-electron chi connectivity index (χ3n) is 5.28. The van der Waals surface area contributed by atoms with E-state index in [0.29, 0.717) is 30.6 Å². The van der Waals surface area contributed by atoms with E-state index in [2.05, 4.69) is 0 Å². The van der Waals surface area contributed by atoms with Crippen molar-refractivity contribution in [2.24, 2.45) is 5.41 Å². The molecule has 4 rings (SSSR count). The molecule has 0 bridgehead atoms. The summed E-state index contributed by atoms with van der Waals surface area (Å²) < 4.78 is 13.1. The van der Waals surface area contributed by atoms with Crippen LogP contribution in [0.1, 0.15) is 27.9 Å². The molecule has 0 saturated carbocycles. The van der Waals surface area contributed by atoms with Gasteiger partial charge in [0, 0.05) is 17.8 Å². The van der Waals surface area contributed by atoms with Crippen LogP contribution in [0.15, 0.2) is 42.5 Å². The second kappa shape index (κ2) is 6.74. The van der Waals surface area contributed by atoms with Gasteiger partial charge in [0.1, 0.15) is 5.82 Å². The van der Waals surface area contributed by atoms with Crippen molar-refractivity contribution in [2.75, 3.05) is 11.4 Å². The minimum Gasteiger partial charge on any atom is -0.312 e. The lowest BCUT2D eigenvalue weighted by Gasteiger charge is -2.22. The number of nitrogens with one attached hydrogen (secondary N) is 1. The number of fused-ring (bicyclic) bond motifs is 1. The smallest absolute Gasteiger partial charge is 0.274 e. The van der Waals surface area contributed by atoms with E-state index in [1.807, 2.05) is 6.07 Å². The van der Waals surface area contributed by atoms with Crippen LogP contribution in [0.25, 0.3) is 0 Å². The van der Waals surface area contributed by atoms with Crippen LogP contribution >= 0.6 is 13.5 Å². The molecule has 1 fully saturated rings. The standard InChI is InChI=1S/C19H17FN2O3.H2S/c20-15-3-5-16(6-4-15)22-8-7-19(18(22)24)10-13-2-1-12(17(23)21-25)9-14(13)11-19;/h1-6,9,25H,7-8,10-11H2,(H,21,23);1H2/t19-;/m0./s1. The SMILES string of the molecule is O=C(NO)c1ccc2c(c1)C[C@]1(CCN(c3ccc(F)cc3)C1=O)C2.S. The molecule has 2 aromatic carbocycles. The Morgan fingerprint density at radius 3 is 2.50 bits per heavy atom. The maximum absolute atomic E-state index is 13.1. The quantitative estimate of drug-likeness (QED) is 0.627. The van der Waals surface area contributed by atoms with Gasteiger partial charge in [0.2, 0.25) is 5.91 Å². The summed E-state index contributed by atoms with van der Waals surface area (Å²) in [5.41, 5.74) is 4.24. The fourth-order valence-electron chi connectivity index (χ4n) is 3.98. The van der Waals surface area contributed by atoms with Crippen molar-refractivity contribution in [3.05, 3.63) is 65.0 Å². The van der Waals surface area contributed by atoms with Gasteiger partial charge < -0.3 is 4.90 Å². The molecule has 2 N–H and O–H groups in total. The number of benzene rings is 2. The first kappa shape index (κ1) is 18.4. The predicted octanol–water partition coefficient (Wildman–Crippen LogP) is 2.58. The molecule has 1 saturated heterocycles. The van der Waals surface area contributed by atoms with Crippen LogP contribution in [-0.4, -0.2) is 23.6 Å². The average Bonchev–Trinajstić information content (AvgIpc) is 3.15. The van der Waals surface area contributed by atoms with Crippen molar-refractivity contribution >= 4 is 31.0 Å². The van der Waals surface area contributed by atoms with Gasteiger partial charge >= 0.3 is 0 Å². The lowest BCUT2D eigenvalue weighted by atomic mass is 9.83.